The molecule has 1 N–H and O–H groups in total. The summed E-state index contributed by atoms with van der Waals surface area (Å²) in [6.07, 6.45) is 0. The van der Waals surface area contributed by atoms with Crippen LogP contribution in [0.25, 0.3) is 0 Å². The molecule has 1 saturated heterocycles. The number of aryl methyl sites for hydroxylation is 2. The van der Waals surface area contributed by atoms with Crippen molar-refractivity contribution in [1.82, 2.24) is 20.2 Å². The Bertz CT molecular complexity index is 379. The fourth-order valence-corrected chi connectivity index (χ4v) is 2.94. The monoisotopic (exact) mass is 266 g/mol. The first kappa shape index (κ1) is 13.8. The molecule has 0 aliphatic carbocycles. The van der Waals surface area contributed by atoms with Crippen molar-refractivity contribution in [2.75, 3.05) is 38.5 Å². The fraction of sp³-hybridized carbons (Fsp3) is 0.692. The quantitative estimate of drug-likeness (QED) is 0.659. The minimum absolute atomic E-state index is 0.922. The summed E-state index contributed by atoms with van der Waals surface area (Å²) in [7, 11) is 0. The molecular weight excluding hydrogens is 244 g/mol. The molecule has 100 valence electrons. The summed E-state index contributed by atoms with van der Waals surface area (Å²) in [6, 6.07) is 0. The Morgan fingerprint density at radius 2 is 1.72 bits per heavy atom. The summed E-state index contributed by atoms with van der Waals surface area (Å²) in [5.41, 5.74) is 3.42. The molecule has 2 rings (SSSR count). The predicted octanol–water partition coefficient (Wildman–Crippen LogP) is 1.40. The lowest BCUT2D eigenvalue weighted by atomic mass is 10.2. The van der Waals surface area contributed by atoms with Crippen molar-refractivity contribution in [3.05, 3.63) is 17.0 Å². The smallest absolute Gasteiger partial charge is 0.188 e. The number of aromatic nitrogens is 2. The van der Waals surface area contributed by atoms with E-state index in [9.17, 15) is 0 Å². The first-order chi connectivity index (χ1) is 8.66. The molecule has 1 aromatic heterocycles. The average Bonchev–Trinajstić information content (AvgIpc) is 2.37. The Labute approximate surface area is 114 Å². The van der Waals surface area contributed by atoms with Gasteiger partial charge in [0.2, 0.25) is 0 Å². The van der Waals surface area contributed by atoms with Crippen molar-refractivity contribution in [2.24, 2.45) is 0 Å². The van der Waals surface area contributed by atoms with Crippen LogP contribution in [0.5, 0.6) is 0 Å². The van der Waals surface area contributed by atoms with Crippen LogP contribution in [0.4, 0.5) is 0 Å². The van der Waals surface area contributed by atoms with E-state index in [1.54, 1.807) is 11.8 Å². The molecule has 0 saturated carbocycles. The van der Waals surface area contributed by atoms with E-state index in [1.165, 1.54) is 5.56 Å². The van der Waals surface area contributed by atoms with Gasteiger partial charge in [-0.3, -0.25) is 4.90 Å². The van der Waals surface area contributed by atoms with E-state index in [4.69, 9.17) is 0 Å². The van der Waals surface area contributed by atoms with Crippen molar-refractivity contribution >= 4 is 11.8 Å². The minimum atomic E-state index is 0.922. The number of piperazine rings is 1. The third-order valence-electron chi connectivity index (χ3n) is 3.46. The second-order valence-electron chi connectivity index (χ2n) is 4.74. The van der Waals surface area contributed by atoms with Crippen LogP contribution in [0, 0.1) is 20.8 Å². The molecule has 0 amide bonds. The van der Waals surface area contributed by atoms with Gasteiger partial charge in [-0.1, -0.05) is 11.8 Å². The normalized spacial score (nSPS) is 17.1. The number of nitrogens with zero attached hydrogens (tertiary/aromatic N) is 3. The van der Waals surface area contributed by atoms with Crippen LogP contribution >= 0.6 is 11.8 Å². The number of hydrogen-bond donors (Lipinski definition) is 1. The Morgan fingerprint density at radius 3 is 2.33 bits per heavy atom. The van der Waals surface area contributed by atoms with E-state index in [0.29, 0.717) is 0 Å². The maximum absolute atomic E-state index is 4.54. The van der Waals surface area contributed by atoms with Crippen molar-refractivity contribution in [1.29, 1.82) is 0 Å². The zero-order chi connectivity index (χ0) is 13.0. The maximum atomic E-state index is 4.54. The topological polar surface area (TPSA) is 41.1 Å². The third-order valence-corrected chi connectivity index (χ3v) is 4.29. The van der Waals surface area contributed by atoms with Crippen LogP contribution in [0.15, 0.2) is 5.16 Å². The first-order valence-electron chi connectivity index (χ1n) is 6.54. The van der Waals surface area contributed by atoms with E-state index < -0.39 is 0 Å². The average molecular weight is 266 g/mol. The fourth-order valence-electron chi connectivity index (χ4n) is 2.01. The van der Waals surface area contributed by atoms with Gasteiger partial charge in [-0.05, 0) is 26.3 Å². The lowest BCUT2D eigenvalue weighted by Gasteiger charge is -2.26. The maximum Gasteiger partial charge on any atom is 0.188 e. The van der Waals surface area contributed by atoms with Crippen molar-refractivity contribution in [3.63, 3.8) is 0 Å². The van der Waals surface area contributed by atoms with Crippen LogP contribution in [-0.4, -0.2) is 53.3 Å². The Morgan fingerprint density at radius 1 is 1.11 bits per heavy atom. The van der Waals surface area contributed by atoms with Gasteiger partial charge in [-0.2, -0.15) is 0 Å². The number of hydrogen-bond acceptors (Lipinski definition) is 5. The summed E-state index contributed by atoms with van der Waals surface area (Å²) < 4.78 is 0. The van der Waals surface area contributed by atoms with Gasteiger partial charge in [0.15, 0.2) is 5.16 Å². The Hall–Kier alpha value is -0.650. The molecule has 0 bridgehead atoms. The third kappa shape index (κ3) is 3.67. The van der Waals surface area contributed by atoms with Gasteiger partial charge in [0, 0.05) is 49.9 Å². The molecule has 0 aromatic carbocycles. The molecule has 0 unspecified atom stereocenters. The van der Waals surface area contributed by atoms with E-state index >= 15 is 0 Å². The van der Waals surface area contributed by atoms with Crippen LogP contribution in [0.2, 0.25) is 0 Å². The Balaban J connectivity index is 1.82. The first-order valence-corrected chi connectivity index (χ1v) is 7.53. The molecule has 5 heteroatoms. The van der Waals surface area contributed by atoms with Crippen LogP contribution in [-0.2, 0) is 0 Å². The SMILES string of the molecule is Cc1nc(SCCN2CCNCC2)nc(C)c1C. The van der Waals surface area contributed by atoms with Gasteiger partial charge in [0.1, 0.15) is 0 Å². The van der Waals surface area contributed by atoms with Crippen LogP contribution in [0.1, 0.15) is 17.0 Å². The zero-order valence-corrected chi connectivity index (χ0v) is 12.3. The summed E-state index contributed by atoms with van der Waals surface area (Å²) >= 11 is 1.77. The highest BCUT2D eigenvalue weighted by Crippen LogP contribution is 2.17. The van der Waals surface area contributed by atoms with Gasteiger partial charge in [0.25, 0.3) is 0 Å². The molecule has 2 heterocycles. The molecule has 1 fully saturated rings. The minimum Gasteiger partial charge on any atom is -0.314 e. The van der Waals surface area contributed by atoms with Gasteiger partial charge in [-0.15, -0.1) is 0 Å². The standard InChI is InChI=1S/C13H22N4S/c1-10-11(2)15-13(16-12(10)3)18-9-8-17-6-4-14-5-7-17/h14H,4-9H2,1-3H3. The summed E-state index contributed by atoms with van der Waals surface area (Å²) in [5.74, 6) is 1.07. The number of thioether (sulfide) groups is 1. The molecule has 0 atom stereocenters. The predicted molar refractivity (Wildman–Crippen MR) is 76.3 cm³/mol. The van der Waals surface area contributed by atoms with E-state index in [-0.39, 0.29) is 0 Å². The van der Waals surface area contributed by atoms with Crippen molar-refractivity contribution in [2.45, 2.75) is 25.9 Å². The molecule has 0 spiro atoms. The number of rotatable bonds is 4. The molecule has 1 aliphatic heterocycles. The number of nitrogens with one attached hydrogen (secondary N) is 1. The second kappa shape index (κ2) is 6.50. The van der Waals surface area contributed by atoms with Crippen LogP contribution < -0.4 is 5.32 Å². The highest BCUT2D eigenvalue weighted by atomic mass is 32.2. The summed E-state index contributed by atoms with van der Waals surface area (Å²) in [5, 5.41) is 4.29. The molecule has 18 heavy (non-hydrogen) atoms. The van der Waals surface area contributed by atoms with Gasteiger partial charge >= 0.3 is 0 Å². The van der Waals surface area contributed by atoms with Crippen LogP contribution in [0.3, 0.4) is 0 Å². The van der Waals surface area contributed by atoms with Gasteiger partial charge < -0.3 is 5.32 Å². The Kier molecular flexibility index (Phi) is 4.97. The van der Waals surface area contributed by atoms with Crippen molar-refractivity contribution in [3.8, 4) is 0 Å². The molecule has 4 nitrogen and oxygen atoms in total. The van der Waals surface area contributed by atoms with Crippen molar-refractivity contribution < 1.29 is 0 Å². The molecule has 1 aromatic rings. The van der Waals surface area contributed by atoms with E-state index in [1.807, 2.05) is 0 Å². The highest BCUT2D eigenvalue weighted by molar-refractivity contribution is 7.99. The molecule has 1 aliphatic rings. The summed E-state index contributed by atoms with van der Waals surface area (Å²) in [6.45, 7) is 11.9. The van der Waals surface area contributed by atoms with E-state index in [2.05, 4.69) is 41.0 Å². The van der Waals surface area contributed by atoms with Gasteiger partial charge in [-0.25, -0.2) is 9.97 Å². The molecule has 0 radical (unpaired) electrons. The summed E-state index contributed by atoms with van der Waals surface area (Å²) in [4.78, 5) is 11.6. The van der Waals surface area contributed by atoms with E-state index in [0.717, 1.165) is 55.0 Å². The molecular formula is C13H22N4S. The lowest BCUT2D eigenvalue weighted by molar-refractivity contribution is 0.255. The second-order valence-corrected chi connectivity index (χ2v) is 5.80. The largest absolute Gasteiger partial charge is 0.314 e. The lowest BCUT2D eigenvalue weighted by Crippen LogP contribution is -2.44. The zero-order valence-electron chi connectivity index (χ0n) is 11.5. The van der Waals surface area contributed by atoms with Gasteiger partial charge in [0.05, 0.1) is 0 Å². The highest BCUT2D eigenvalue weighted by Gasteiger charge is 2.10.